The average molecular weight is 233 g/mol. The summed E-state index contributed by atoms with van der Waals surface area (Å²) in [6.07, 6.45) is 5.56. The number of aryl methyl sites for hydroxylation is 1. The number of carboxylic acids is 1. The van der Waals surface area contributed by atoms with Gasteiger partial charge in [0.05, 0.1) is 11.3 Å². The van der Waals surface area contributed by atoms with Gasteiger partial charge in [-0.15, -0.1) is 6.58 Å². The fraction of sp³-hybridized carbons (Fsp3) is 0.417. The third-order valence-electron chi connectivity index (χ3n) is 2.89. The van der Waals surface area contributed by atoms with E-state index in [1.807, 2.05) is 6.08 Å². The number of carboxylic acid groups (broad SMARTS) is 1. The van der Waals surface area contributed by atoms with E-state index >= 15 is 0 Å². The van der Waals surface area contributed by atoms with Gasteiger partial charge in [0.15, 0.2) is 0 Å². The van der Waals surface area contributed by atoms with Gasteiger partial charge in [-0.25, -0.2) is 14.8 Å². The van der Waals surface area contributed by atoms with E-state index in [1.54, 1.807) is 6.92 Å². The van der Waals surface area contributed by atoms with E-state index in [0.717, 1.165) is 0 Å². The molecule has 0 saturated heterocycles. The second-order valence-corrected chi connectivity index (χ2v) is 4.24. The maximum atomic E-state index is 10.8. The Morgan fingerprint density at radius 3 is 2.88 bits per heavy atom. The van der Waals surface area contributed by atoms with Crippen molar-refractivity contribution in [2.45, 2.75) is 25.8 Å². The van der Waals surface area contributed by atoms with Crippen LogP contribution in [0.3, 0.4) is 0 Å². The highest BCUT2D eigenvalue weighted by Crippen LogP contribution is 2.34. The molecule has 90 valence electrons. The number of anilines is 1. The third kappa shape index (κ3) is 2.61. The zero-order valence-corrected chi connectivity index (χ0v) is 9.68. The highest BCUT2D eigenvalue weighted by molar-refractivity contribution is 5.88. The maximum Gasteiger partial charge on any atom is 0.339 e. The van der Waals surface area contributed by atoms with E-state index in [2.05, 4.69) is 21.9 Å². The smallest absolute Gasteiger partial charge is 0.339 e. The van der Waals surface area contributed by atoms with Crippen molar-refractivity contribution < 1.29 is 9.90 Å². The van der Waals surface area contributed by atoms with Crippen LogP contribution in [0.15, 0.2) is 18.9 Å². The van der Waals surface area contributed by atoms with Gasteiger partial charge in [-0.1, -0.05) is 6.08 Å². The standard InChI is InChI=1S/C12H15N3O2/c1-3-10(8-4-5-8)15-12-13-6-9(11(16)17)7(2)14-12/h3,6,8,10H,1,4-5H2,2H3,(H,16,17)(H,13,14,15). The molecule has 0 aliphatic heterocycles. The Balaban J connectivity index is 2.13. The van der Waals surface area contributed by atoms with Crippen molar-refractivity contribution in [3.05, 3.63) is 30.1 Å². The van der Waals surface area contributed by atoms with Crippen molar-refractivity contribution in [1.29, 1.82) is 0 Å². The molecule has 0 aromatic carbocycles. The number of carbonyl (C=O) groups is 1. The van der Waals surface area contributed by atoms with E-state index in [1.165, 1.54) is 19.0 Å². The number of nitrogens with zero attached hydrogens (tertiary/aromatic N) is 2. The molecular formula is C12H15N3O2. The summed E-state index contributed by atoms with van der Waals surface area (Å²) in [5, 5.41) is 12.0. The van der Waals surface area contributed by atoms with Gasteiger partial charge in [-0.3, -0.25) is 0 Å². The highest BCUT2D eigenvalue weighted by atomic mass is 16.4. The van der Waals surface area contributed by atoms with Crippen LogP contribution < -0.4 is 5.32 Å². The van der Waals surface area contributed by atoms with Gasteiger partial charge in [0.1, 0.15) is 0 Å². The van der Waals surface area contributed by atoms with Crippen molar-refractivity contribution in [1.82, 2.24) is 9.97 Å². The Bertz CT molecular complexity index is 455. The van der Waals surface area contributed by atoms with Crippen LogP contribution in [0, 0.1) is 12.8 Å². The molecule has 2 N–H and O–H groups in total. The first-order valence-electron chi connectivity index (χ1n) is 5.58. The Morgan fingerprint density at radius 1 is 1.71 bits per heavy atom. The van der Waals surface area contributed by atoms with Crippen LogP contribution in [0.1, 0.15) is 28.9 Å². The molecule has 1 saturated carbocycles. The normalized spacial score (nSPS) is 16.3. The summed E-state index contributed by atoms with van der Waals surface area (Å²) >= 11 is 0. The Kier molecular flexibility index (Phi) is 3.08. The minimum atomic E-state index is -1.00. The van der Waals surface area contributed by atoms with Gasteiger partial charge < -0.3 is 10.4 Å². The minimum Gasteiger partial charge on any atom is -0.478 e. The third-order valence-corrected chi connectivity index (χ3v) is 2.89. The maximum absolute atomic E-state index is 10.8. The van der Waals surface area contributed by atoms with Crippen LogP contribution >= 0.6 is 0 Å². The molecule has 1 aliphatic rings. The van der Waals surface area contributed by atoms with Crippen LogP contribution in [0.25, 0.3) is 0 Å². The molecule has 0 radical (unpaired) electrons. The summed E-state index contributed by atoms with van der Waals surface area (Å²) in [4.78, 5) is 19.0. The van der Waals surface area contributed by atoms with E-state index in [9.17, 15) is 4.79 Å². The zero-order valence-electron chi connectivity index (χ0n) is 9.68. The summed E-state index contributed by atoms with van der Waals surface area (Å²) in [6.45, 7) is 5.44. The second-order valence-electron chi connectivity index (χ2n) is 4.24. The van der Waals surface area contributed by atoms with Crippen LogP contribution in [-0.4, -0.2) is 27.1 Å². The molecule has 0 amide bonds. The Morgan fingerprint density at radius 2 is 2.41 bits per heavy atom. The van der Waals surface area contributed by atoms with Crippen molar-refractivity contribution >= 4 is 11.9 Å². The molecule has 1 unspecified atom stereocenters. The molecule has 5 heteroatoms. The van der Waals surface area contributed by atoms with Crippen molar-refractivity contribution in [3.63, 3.8) is 0 Å². The number of nitrogens with one attached hydrogen (secondary N) is 1. The first kappa shape index (κ1) is 11.6. The number of hydrogen-bond acceptors (Lipinski definition) is 4. The molecule has 0 bridgehead atoms. The van der Waals surface area contributed by atoms with Gasteiger partial charge in [0.2, 0.25) is 5.95 Å². The number of aromatic nitrogens is 2. The molecule has 1 aliphatic carbocycles. The molecule has 1 aromatic rings. The molecule has 5 nitrogen and oxygen atoms in total. The summed E-state index contributed by atoms with van der Waals surface area (Å²) in [7, 11) is 0. The monoisotopic (exact) mass is 233 g/mol. The molecule has 1 atom stereocenters. The summed E-state index contributed by atoms with van der Waals surface area (Å²) in [5.74, 6) is 0.0661. The molecule has 1 aromatic heterocycles. The Labute approximate surface area is 99.6 Å². The number of rotatable bonds is 5. The van der Waals surface area contributed by atoms with E-state index in [4.69, 9.17) is 5.11 Å². The molecular weight excluding hydrogens is 218 g/mol. The molecule has 0 spiro atoms. The molecule has 2 rings (SSSR count). The van der Waals surface area contributed by atoms with Crippen LogP contribution in [0.2, 0.25) is 0 Å². The van der Waals surface area contributed by atoms with Gasteiger partial charge in [0, 0.05) is 12.2 Å². The molecule has 1 fully saturated rings. The van der Waals surface area contributed by atoms with Crippen LogP contribution in [-0.2, 0) is 0 Å². The number of hydrogen-bond donors (Lipinski definition) is 2. The Hall–Kier alpha value is -1.91. The molecule has 17 heavy (non-hydrogen) atoms. The SMILES string of the molecule is C=CC(Nc1ncc(C(=O)O)c(C)n1)C1CC1. The lowest BCUT2D eigenvalue weighted by molar-refractivity contribution is 0.0695. The van der Waals surface area contributed by atoms with Crippen LogP contribution in [0.5, 0.6) is 0 Å². The first-order valence-corrected chi connectivity index (χ1v) is 5.58. The number of aromatic carboxylic acids is 1. The van der Waals surface area contributed by atoms with Crippen molar-refractivity contribution in [2.75, 3.05) is 5.32 Å². The van der Waals surface area contributed by atoms with E-state index in [-0.39, 0.29) is 11.6 Å². The zero-order chi connectivity index (χ0) is 12.4. The van der Waals surface area contributed by atoms with Gasteiger partial charge in [-0.05, 0) is 25.7 Å². The molecule has 1 heterocycles. The fourth-order valence-electron chi connectivity index (χ4n) is 1.72. The highest BCUT2D eigenvalue weighted by Gasteiger charge is 2.29. The predicted octanol–water partition coefficient (Wildman–Crippen LogP) is 1.86. The minimum absolute atomic E-state index is 0.136. The summed E-state index contributed by atoms with van der Waals surface area (Å²) in [6, 6.07) is 0.171. The van der Waals surface area contributed by atoms with E-state index < -0.39 is 5.97 Å². The lowest BCUT2D eigenvalue weighted by atomic mass is 10.2. The lowest BCUT2D eigenvalue weighted by Gasteiger charge is -2.14. The van der Waals surface area contributed by atoms with Gasteiger partial charge >= 0.3 is 5.97 Å². The van der Waals surface area contributed by atoms with Gasteiger partial charge in [-0.2, -0.15) is 0 Å². The summed E-state index contributed by atoms with van der Waals surface area (Å²) < 4.78 is 0. The largest absolute Gasteiger partial charge is 0.478 e. The summed E-state index contributed by atoms with van der Waals surface area (Å²) in [5.41, 5.74) is 0.603. The van der Waals surface area contributed by atoms with Crippen molar-refractivity contribution in [3.8, 4) is 0 Å². The second kappa shape index (κ2) is 4.53. The quantitative estimate of drug-likeness (QED) is 0.759. The van der Waals surface area contributed by atoms with E-state index in [0.29, 0.717) is 17.6 Å². The topological polar surface area (TPSA) is 75.1 Å². The first-order chi connectivity index (χ1) is 8.11. The van der Waals surface area contributed by atoms with Gasteiger partial charge in [0.25, 0.3) is 0 Å². The average Bonchev–Trinajstić information content (AvgIpc) is 3.09. The van der Waals surface area contributed by atoms with Crippen molar-refractivity contribution in [2.24, 2.45) is 5.92 Å². The fourth-order valence-corrected chi connectivity index (χ4v) is 1.72. The van der Waals surface area contributed by atoms with Crippen LogP contribution in [0.4, 0.5) is 5.95 Å². The lowest BCUT2D eigenvalue weighted by Crippen LogP contribution is -2.21. The predicted molar refractivity (Wildman–Crippen MR) is 64.1 cm³/mol.